The van der Waals surface area contributed by atoms with Crippen LogP contribution in [0.15, 0.2) is 84.1 Å². The lowest BCUT2D eigenvalue weighted by Crippen LogP contribution is -2.37. The molecule has 0 radical (unpaired) electrons. The minimum atomic E-state index is -0.630. The van der Waals surface area contributed by atoms with Gasteiger partial charge in [0.15, 0.2) is 5.78 Å². The number of nitrogens with one attached hydrogen (secondary N) is 1. The topological polar surface area (TPSA) is 92.6 Å². The zero-order chi connectivity index (χ0) is 24.7. The maximum atomic E-state index is 13.8. The number of rotatable bonds is 3. The second-order valence-corrected chi connectivity index (χ2v) is 9.19. The van der Waals surface area contributed by atoms with Gasteiger partial charge in [-0.3, -0.25) is 24.6 Å². The van der Waals surface area contributed by atoms with Gasteiger partial charge in [0.05, 0.1) is 22.3 Å². The normalized spacial score (nSPS) is 19.4. The van der Waals surface area contributed by atoms with E-state index >= 15 is 0 Å². The molecule has 1 amide bonds. The van der Waals surface area contributed by atoms with E-state index in [0.29, 0.717) is 28.4 Å². The van der Waals surface area contributed by atoms with Gasteiger partial charge in [-0.15, -0.1) is 0 Å². The smallest absolute Gasteiger partial charge is 0.269 e. The Hall–Kier alpha value is -3.97. The molecule has 35 heavy (non-hydrogen) atoms. The molecular weight excluding hydrogens is 466 g/mol. The first-order valence-electron chi connectivity index (χ1n) is 11.3. The van der Waals surface area contributed by atoms with E-state index < -0.39 is 11.0 Å². The molecule has 0 fully saturated rings. The minimum Gasteiger partial charge on any atom is -0.357 e. The summed E-state index contributed by atoms with van der Waals surface area (Å²) in [6, 6.07) is 20.4. The van der Waals surface area contributed by atoms with Crippen molar-refractivity contribution >= 4 is 40.4 Å². The lowest BCUT2D eigenvalue weighted by Gasteiger charge is -2.34. The summed E-state index contributed by atoms with van der Waals surface area (Å²) in [4.78, 5) is 39.3. The number of nitrogens with zero attached hydrogens (tertiary/aromatic N) is 2. The number of para-hydroxylation sites is 2. The first-order chi connectivity index (χ1) is 16.8. The van der Waals surface area contributed by atoms with E-state index in [4.69, 9.17) is 11.6 Å². The van der Waals surface area contributed by atoms with Gasteiger partial charge in [0.25, 0.3) is 5.69 Å². The Morgan fingerprint density at radius 2 is 1.77 bits per heavy atom. The molecule has 1 heterocycles. The van der Waals surface area contributed by atoms with Crippen LogP contribution in [0.2, 0.25) is 5.02 Å². The maximum Gasteiger partial charge on any atom is 0.269 e. The average Bonchev–Trinajstić information content (AvgIpc) is 2.99. The van der Waals surface area contributed by atoms with Crippen LogP contribution in [0.1, 0.15) is 42.9 Å². The summed E-state index contributed by atoms with van der Waals surface area (Å²) in [7, 11) is 0. The molecule has 2 atom stereocenters. The number of ketones is 1. The predicted octanol–water partition coefficient (Wildman–Crippen LogP) is 6.17. The SMILES string of the molecule is CC(=O)N1c2ccccc2NC2=C(C(=O)C[C@@H](c3cccc([N+](=O)[O-])c3)C2)[C@H]1c1ccc(Cl)cc1. The highest BCUT2D eigenvalue weighted by molar-refractivity contribution is 6.30. The van der Waals surface area contributed by atoms with E-state index in [0.717, 1.165) is 16.8 Å². The number of carbonyl (C=O) groups is 2. The fourth-order valence-electron chi connectivity index (χ4n) is 5.03. The first-order valence-corrected chi connectivity index (χ1v) is 11.6. The third-order valence-electron chi connectivity index (χ3n) is 6.57. The molecule has 1 aliphatic carbocycles. The molecule has 3 aromatic rings. The molecular formula is C27H22ClN3O4. The first kappa shape index (κ1) is 22.8. The number of halogens is 1. The summed E-state index contributed by atoms with van der Waals surface area (Å²) in [5.74, 6) is -0.522. The van der Waals surface area contributed by atoms with Gasteiger partial charge in [-0.2, -0.15) is 0 Å². The van der Waals surface area contributed by atoms with E-state index in [9.17, 15) is 19.7 Å². The van der Waals surface area contributed by atoms with Crippen LogP contribution < -0.4 is 10.2 Å². The van der Waals surface area contributed by atoms with E-state index in [1.54, 1.807) is 23.1 Å². The Morgan fingerprint density at radius 3 is 2.49 bits per heavy atom. The Balaban J connectivity index is 1.67. The van der Waals surface area contributed by atoms with Gasteiger partial charge in [-0.05, 0) is 47.7 Å². The van der Waals surface area contributed by atoms with Gasteiger partial charge in [-0.1, -0.05) is 48.0 Å². The second-order valence-electron chi connectivity index (χ2n) is 8.76. The van der Waals surface area contributed by atoms with Crippen molar-refractivity contribution in [2.24, 2.45) is 0 Å². The quantitative estimate of drug-likeness (QED) is 0.352. The molecule has 5 rings (SSSR count). The molecule has 0 aromatic heterocycles. The minimum absolute atomic E-state index is 0.00399. The fourth-order valence-corrected chi connectivity index (χ4v) is 5.15. The Labute approximate surface area is 207 Å². The highest BCUT2D eigenvalue weighted by Gasteiger charge is 2.40. The lowest BCUT2D eigenvalue weighted by molar-refractivity contribution is -0.384. The molecule has 0 spiro atoms. The standard InChI is InChI=1S/C27H22ClN3O4/c1-16(32)30-24-8-3-2-7-22(24)29-23-14-19(18-5-4-6-21(13-18)31(34)35)15-25(33)26(23)27(30)17-9-11-20(28)12-10-17/h2-13,19,27,29H,14-15H2,1H3/t19-,27+/m0/s1. The fraction of sp³-hybridized carbons (Fsp3) is 0.185. The van der Waals surface area contributed by atoms with Gasteiger partial charge >= 0.3 is 0 Å². The van der Waals surface area contributed by atoms with E-state index in [2.05, 4.69) is 5.32 Å². The molecule has 0 unspecified atom stereocenters. The summed E-state index contributed by atoms with van der Waals surface area (Å²) >= 11 is 6.13. The molecule has 8 heteroatoms. The van der Waals surface area contributed by atoms with Crippen LogP contribution in [-0.2, 0) is 9.59 Å². The zero-order valence-electron chi connectivity index (χ0n) is 18.9. The largest absolute Gasteiger partial charge is 0.357 e. The average molecular weight is 488 g/mol. The number of carbonyl (C=O) groups excluding carboxylic acids is 2. The van der Waals surface area contributed by atoms with E-state index in [1.165, 1.54) is 19.1 Å². The molecule has 176 valence electrons. The van der Waals surface area contributed by atoms with Crippen molar-refractivity contribution in [1.82, 2.24) is 0 Å². The number of amides is 1. The molecule has 0 saturated carbocycles. The zero-order valence-corrected chi connectivity index (χ0v) is 19.7. The summed E-state index contributed by atoms with van der Waals surface area (Å²) in [6.45, 7) is 1.49. The predicted molar refractivity (Wildman–Crippen MR) is 135 cm³/mol. The molecule has 1 N–H and O–H groups in total. The Morgan fingerprint density at radius 1 is 1.03 bits per heavy atom. The van der Waals surface area contributed by atoms with Crippen molar-refractivity contribution in [1.29, 1.82) is 0 Å². The Kier molecular flexibility index (Phi) is 5.86. The van der Waals surface area contributed by atoms with Crippen molar-refractivity contribution in [3.8, 4) is 0 Å². The Bertz CT molecular complexity index is 1380. The number of non-ortho nitro benzene ring substituents is 1. The number of fused-ring (bicyclic) bond motifs is 1. The molecule has 7 nitrogen and oxygen atoms in total. The van der Waals surface area contributed by atoms with Crippen LogP contribution in [0.4, 0.5) is 17.1 Å². The van der Waals surface area contributed by atoms with E-state index in [1.807, 2.05) is 42.5 Å². The number of nitro groups is 1. The van der Waals surface area contributed by atoms with Crippen molar-refractivity contribution in [2.45, 2.75) is 31.7 Å². The second kappa shape index (κ2) is 9.00. The highest BCUT2D eigenvalue weighted by atomic mass is 35.5. The summed E-state index contributed by atoms with van der Waals surface area (Å²) in [5.41, 5.74) is 4.15. The maximum absolute atomic E-state index is 13.8. The van der Waals surface area contributed by atoms with Gasteiger partial charge < -0.3 is 5.32 Å². The third kappa shape index (κ3) is 4.19. The van der Waals surface area contributed by atoms with Gasteiger partial charge in [0.1, 0.15) is 0 Å². The van der Waals surface area contributed by atoms with Crippen molar-refractivity contribution in [3.05, 3.63) is 110 Å². The van der Waals surface area contributed by atoms with Crippen molar-refractivity contribution in [2.75, 3.05) is 10.2 Å². The molecule has 3 aromatic carbocycles. The van der Waals surface area contributed by atoms with Crippen LogP contribution in [0.5, 0.6) is 0 Å². The lowest BCUT2D eigenvalue weighted by atomic mass is 9.78. The number of hydrogen-bond acceptors (Lipinski definition) is 5. The number of Topliss-reactive ketones (excluding diaryl/α,β-unsaturated/α-hetero) is 1. The van der Waals surface area contributed by atoms with Crippen LogP contribution in [0, 0.1) is 10.1 Å². The van der Waals surface area contributed by atoms with Crippen LogP contribution in [-0.4, -0.2) is 16.6 Å². The molecule has 1 aliphatic heterocycles. The highest BCUT2D eigenvalue weighted by Crippen LogP contribution is 2.47. The van der Waals surface area contributed by atoms with Crippen LogP contribution in [0.3, 0.4) is 0 Å². The third-order valence-corrected chi connectivity index (χ3v) is 6.82. The van der Waals surface area contributed by atoms with Gasteiger partial charge in [-0.25, -0.2) is 0 Å². The number of benzene rings is 3. The van der Waals surface area contributed by atoms with Crippen LogP contribution in [0.25, 0.3) is 0 Å². The molecule has 2 aliphatic rings. The van der Waals surface area contributed by atoms with Gasteiger partial charge in [0, 0.05) is 41.8 Å². The number of allylic oxidation sites excluding steroid dienone is 1. The van der Waals surface area contributed by atoms with Crippen LogP contribution >= 0.6 is 11.6 Å². The van der Waals surface area contributed by atoms with Gasteiger partial charge in [0.2, 0.25) is 5.91 Å². The summed E-state index contributed by atoms with van der Waals surface area (Å²) in [5, 5.41) is 15.3. The number of nitro benzene ring substituents is 1. The molecule has 0 saturated heterocycles. The number of anilines is 2. The summed E-state index contributed by atoms with van der Waals surface area (Å²) in [6.07, 6.45) is 0.667. The molecule has 0 bridgehead atoms. The van der Waals surface area contributed by atoms with E-state index in [-0.39, 0.29) is 29.7 Å². The van der Waals surface area contributed by atoms with Crippen molar-refractivity contribution in [3.63, 3.8) is 0 Å². The monoisotopic (exact) mass is 487 g/mol. The summed E-state index contributed by atoms with van der Waals surface area (Å²) < 4.78 is 0. The van der Waals surface area contributed by atoms with Crippen molar-refractivity contribution < 1.29 is 14.5 Å². The number of hydrogen-bond donors (Lipinski definition) is 1.